The first-order valence-corrected chi connectivity index (χ1v) is 9.38. The lowest BCUT2D eigenvalue weighted by Crippen LogP contribution is -2.18. The molecule has 24 heavy (non-hydrogen) atoms. The molecule has 0 spiro atoms. The fraction of sp³-hybridized carbons (Fsp3) is 0.235. The largest absolute Gasteiger partial charge is 0.495 e. The van der Waals surface area contributed by atoms with Crippen molar-refractivity contribution in [1.29, 1.82) is 0 Å². The highest BCUT2D eigenvalue weighted by atomic mass is 35.5. The van der Waals surface area contributed by atoms with Gasteiger partial charge in [-0.1, -0.05) is 30.7 Å². The Morgan fingerprint density at radius 1 is 1.21 bits per heavy atom. The number of carbonyl (C=O) groups excluding carboxylic acids is 1. The molecule has 0 aromatic heterocycles. The van der Waals surface area contributed by atoms with E-state index < -0.39 is 15.7 Å². The molecule has 7 heteroatoms. The number of sulfone groups is 1. The average molecular weight is 368 g/mol. The number of carbonyl (C=O) groups is 1. The summed E-state index contributed by atoms with van der Waals surface area (Å²) in [5.41, 5.74) is 0.464. The number of halogens is 1. The van der Waals surface area contributed by atoms with E-state index in [1.807, 2.05) is 0 Å². The van der Waals surface area contributed by atoms with Gasteiger partial charge in [0.15, 0.2) is 9.84 Å². The highest BCUT2D eigenvalue weighted by Gasteiger charge is 2.22. The second-order valence-electron chi connectivity index (χ2n) is 5.11. The molecule has 0 bridgehead atoms. The van der Waals surface area contributed by atoms with Crippen LogP contribution in [0.2, 0.25) is 5.02 Å². The molecule has 0 aliphatic rings. The number of hydrogen-bond donors (Lipinski definition) is 1. The minimum Gasteiger partial charge on any atom is -0.495 e. The van der Waals surface area contributed by atoms with Gasteiger partial charge >= 0.3 is 0 Å². The molecule has 2 aromatic rings. The highest BCUT2D eigenvalue weighted by molar-refractivity contribution is 7.91. The Hall–Kier alpha value is -2.05. The molecular formula is C17H18ClNO4S. The number of nitrogens with one attached hydrogen (secondary N) is 1. The van der Waals surface area contributed by atoms with E-state index >= 15 is 0 Å². The van der Waals surface area contributed by atoms with E-state index in [0.717, 1.165) is 0 Å². The lowest BCUT2D eigenvalue weighted by molar-refractivity contribution is 0.102. The van der Waals surface area contributed by atoms with Crippen molar-refractivity contribution in [2.75, 3.05) is 18.2 Å². The predicted octanol–water partition coefficient (Wildman–Crippen LogP) is 3.78. The third-order valence-electron chi connectivity index (χ3n) is 3.35. The third kappa shape index (κ3) is 4.07. The lowest BCUT2D eigenvalue weighted by Gasteiger charge is -2.13. The van der Waals surface area contributed by atoms with Gasteiger partial charge in [0.05, 0.1) is 29.0 Å². The number of anilines is 1. The fourth-order valence-corrected chi connectivity index (χ4v) is 3.98. The molecule has 0 atom stereocenters. The Bertz CT molecular complexity index is 849. The molecule has 2 aromatic carbocycles. The van der Waals surface area contributed by atoms with Crippen molar-refractivity contribution in [2.24, 2.45) is 0 Å². The molecule has 0 unspecified atom stereocenters. The van der Waals surface area contributed by atoms with E-state index in [1.165, 1.54) is 19.2 Å². The maximum Gasteiger partial charge on any atom is 0.257 e. The zero-order chi connectivity index (χ0) is 17.7. The molecule has 0 fully saturated rings. The van der Waals surface area contributed by atoms with Crippen LogP contribution in [0, 0.1) is 0 Å². The Balaban J connectivity index is 2.40. The smallest absolute Gasteiger partial charge is 0.257 e. The monoisotopic (exact) mass is 367 g/mol. The van der Waals surface area contributed by atoms with Gasteiger partial charge in [0, 0.05) is 5.02 Å². The summed E-state index contributed by atoms with van der Waals surface area (Å²) in [6, 6.07) is 10.9. The number of benzene rings is 2. The summed E-state index contributed by atoms with van der Waals surface area (Å²) in [6.45, 7) is 1.77. The van der Waals surface area contributed by atoms with Crippen LogP contribution in [-0.4, -0.2) is 27.2 Å². The van der Waals surface area contributed by atoms with Crippen molar-refractivity contribution < 1.29 is 17.9 Å². The number of hydrogen-bond acceptors (Lipinski definition) is 4. The van der Waals surface area contributed by atoms with Gasteiger partial charge in [-0.15, -0.1) is 0 Å². The van der Waals surface area contributed by atoms with Gasteiger partial charge in [-0.2, -0.15) is 0 Å². The first kappa shape index (κ1) is 18.3. The van der Waals surface area contributed by atoms with Gasteiger partial charge in [-0.25, -0.2) is 8.42 Å². The van der Waals surface area contributed by atoms with E-state index in [2.05, 4.69) is 5.32 Å². The second-order valence-corrected chi connectivity index (χ2v) is 7.63. The van der Waals surface area contributed by atoms with Crippen molar-refractivity contribution in [3.63, 3.8) is 0 Å². The van der Waals surface area contributed by atoms with Crippen LogP contribution >= 0.6 is 11.6 Å². The summed E-state index contributed by atoms with van der Waals surface area (Å²) in [7, 11) is -2.05. The molecule has 0 saturated carbocycles. The molecular weight excluding hydrogens is 350 g/mol. The van der Waals surface area contributed by atoms with Crippen molar-refractivity contribution in [1.82, 2.24) is 0 Å². The summed E-state index contributed by atoms with van der Waals surface area (Å²) in [5, 5.41) is 3.09. The van der Waals surface area contributed by atoms with Crippen molar-refractivity contribution in [2.45, 2.75) is 18.2 Å². The molecule has 0 aliphatic heterocycles. The molecule has 0 aliphatic carbocycles. The zero-order valence-electron chi connectivity index (χ0n) is 13.4. The van der Waals surface area contributed by atoms with Crippen molar-refractivity contribution in [3.8, 4) is 5.75 Å². The Kier molecular flexibility index (Phi) is 5.85. The van der Waals surface area contributed by atoms with Gasteiger partial charge in [-0.05, 0) is 36.8 Å². The quantitative estimate of drug-likeness (QED) is 0.843. The maximum atomic E-state index is 12.6. The van der Waals surface area contributed by atoms with Crippen LogP contribution < -0.4 is 10.1 Å². The highest BCUT2D eigenvalue weighted by Crippen LogP contribution is 2.29. The van der Waals surface area contributed by atoms with Gasteiger partial charge < -0.3 is 10.1 Å². The van der Waals surface area contributed by atoms with Crippen LogP contribution in [0.4, 0.5) is 5.69 Å². The SMILES string of the molecule is CCCS(=O)(=O)c1ccccc1C(=O)Nc1cc(Cl)ccc1OC. The number of methoxy groups -OCH3 is 1. The van der Waals surface area contributed by atoms with Crippen molar-refractivity contribution in [3.05, 3.63) is 53.1 Å². The summed E-state index contributed by atoms with van der Waals surface area (Å²) < 4.78 is 29.9. The first-order chi connectivity index (χ1) is 11.4. The summed E-state index contributed by atoms with van der Waals surface area (Å²) >= 11 is 5.95. The third-order valence-corrected chi connectivity index (χ3v) is 5.56. The fourth-order valence-electron chi connectivity index (χ4n) is 2.27. The van der Waals surface area contributed by atoms with Gasteiger partial charge in [0.1, 0.15) is 5.75 Å². The Morgan fingerprint density at radius 3 is 2.58 bits per heavy atom. The van der Waals surface area contributed by atoms with E-state index in [-0.39, 0.29) is 16.2 Å². The summed E-state index contributed by atoms with van der Waals surface area (Å²) in [6.07, 6.45) is 0.473. The normalized spacial score (nSPS) is 11.1. The lowest BCUT2D eigenvalue weighted by atomic mass is 10.2. The molecule has 1 amide bonds. The van der Waals surface area contributed by atoms with E-state index in [4.69, 9.17) is 16.3 Å². The van der Waals surface area contributed by atoms with E-state index in [1.54, 1.807) is 37.3 Å². The molecule has 2 rings (SSSR count). The molecule has 0 heterocycles. The molecule has 5 nitrogen and oxygen atoms in total. The maximum absolute atomic E-state index is 12.6. The first-order valence-electron chi connectivity index (χ1n) is 7.35. The summed E-state index contributed by atoms with van der Waals surface area (Å²) in [4.78, 5) is 12.6. The Labute approximate surface area is 146 Å². The molecule has 1 N–H and O–H groups in total. The zero-order valence-corrected chi connectivity index (χ0v) is 14.9. The predicted molar refractivity (Wildman–Crippen MR) is 94.7 cm³/mol. The minimum atomic E-state index is -3.52. The van der Waals surface area contributed by atoms with Crippen molar-refractivity contribution >= 4 is 33.0 Å². The van der Waals surface area contributed by atoms with Gasteiger partial charge in [0.2, 0.25) is 0 Å². The Morgan fingerprint density at radius 2 is 1.92 bits per heavy atom. The standard InChI is InChI=1S/C17H18ClNO4S/c1-3-10-24(21,22)16-7-5-4-6-13(16)17(20)19-14-11-12(18)8-9-15(14)23-2/h4-9,11H,3,10H2,1-2H3,(H,19,20). The van der Waals surface area contributed by atoms with Crippen LogP contribution in [0.15, 0.2) is 47.4 Å². The molecule has 0 radical (unpaired) electrons. The molecule has 0 saturated heterocycles. The van der Waals surface area contributed by atoms with Crippen LogP contribution in [0.5, 0.6) is 5.75 Å². The van der Waals surface area contributed by atoms with Crippen LogP contribution in [0.1, 0.15) is 23.7 Å². The van der Waals surface area contributed by atoms with Gasteiger partial charge in [0.25, 0.3) is 5.91 Å². The van der Waals surface area contributed by atoms with Crippen LogP contribution in [-0.2, 0) is 9.84 Å². The molecule has 128 valence electrons. The summed E-state index contributed by atoms with van der Waals surface area (Å²) in [5.74, 6) is -0.120. The number of amides is 1. The average Bonchev–Trinajstić information content (AvgIpc) is 2.55. The number of rotatable bonds is 6. The van der Waals surface area contributed by atoms with E-state index in [9.17, 15) is 13.2 Å². The topological polar surface area (TPSA) is 72.5 Å². The number of ether oxygens (including phenoxy) is 1. The van der Waals surface area contributed by atoms with Crippen LogP contribution in [0.25, 0.3) is 0 Å². The van der Waals surface area contributed by atoms with Crippen LogP contribution in [0.3, 0.4) is 0 Å². The van der Waals surface area contributed by atoms with Gasteiger partial charge in [-0.3, -0.25) is 4.79 Å². The van der Waals surface area contributed by atoms with E-state index in [0.29, 0.717) is 22.9 Å². The second kappa shape index (κ2) is 7.68. The minimum absolute atomic E-state index is 0.0161.